The number of halogens is 1. The molecule has 1 unspecified atom stereocenters. The molecule has 1 fully saturated rings. The van der Waals surface area contributed by atoms with Crippen LogP contribution in [-0.2, 0) is 0 Å². The smallest absolute Gasteiger partial charge is 0.290 e. The Bertz CT molecular complexity index is 728. The lowest BCUT2D eigenvalue weighted by atomic mass is 9.95. The van der Waals surface area contributed by atoms with Crippen molar-refractivity contribution in [2.45, 2.75) is 26.2 Å². The molecule has 0 aliphatic carbocycles. The summed E-state index contributed by atoms with van der Waals surface area (Å²) < 4.78 is 14.6. The number of nitrogens with zero attached hydrogens (tertiary/aromatic N) is 4. The van der Waals surface area contributed by atoms with E-state index in [4.69, 9.17) is 0 Å². The van der Waals surface area contributed by atoms with Crippen molar-refractivity contribution in [3.05, 3.63) is 41.7 Å². The molecule has 1 N–H and O–H groups in total. The number of carbonyl (C=O) groups is 1. The predicted octanol–water partition coefficient (Wildman–Crippen LogP) is 2.18. The molecule has 1 amide bonds. The lowest BCUT2D eigenvalue weighted by molar-refractivity contribution is 0.0938. The number of carbonyl (C=O) groups excluding carboxylic acids is 1. The van der Waals surface area contributed by atoms with Crippen molar-refractivity contribution >= 4 is 5.91 Å². The number of aryl methyl sites for hydroxylation is 1. The maximum Gasteiger partial charge on any atom is 0.290 e. The number of likely N-dealkylation sites (tertiary alicyclic amines) is 1. The Morgan fingerprint density at radius 1 is 1.36 bits per heavy atom. The van der Waals surface area contributed by atoms with Crippen molar-refractivity contribution in [2.24, 2.45) is 5.92 Å². The van der Waals surface area contributed by atoms with Crippen LogP contribution >= 0.6 is 0 Å². The average Bonchev–Trinajstić information content (AvgIpc) is 2.97. The van der Waals surface area contributed by atoms with E-state index in [1.165, 1.54) is 25.0 Å². The molecule has 6 nitrogen and oxygen atoms in total. The van der Waals surface area contributed by atoms with E-state index in [2.05, 4.69) is 27.3 Å². The monoisotopic (exact) mass is 345 g/mol. The van der Waals surface area contributed by atoms with Crippen molar-refractivity contribution in [2.75, 3.05) is 26.7 Å². The Morgan fingerprint density at radius 2 is 2.12 bits per heavy atom. The number of hydrogen-bond acceptors (Lipinski definition) is 4. The maximum absolute atomic E-state index is 13.0. The maximum atomic E-state index is 13.0. The van der Waals surface area contributed by atoms with Crippen molar-refractivity contribution < 1.29 is 9.18 Å². The Hall–Kier alpha value is -2.28. The van der Waals surface area contributed by atoms with E-state index in [9.17, 15) is 9.18 Å². The predicted molar refractivity (Wildman–Crippen MR) is 93.2 cm³/mol. The van der Waals surface area contributed by atoms with Gasteiger partial charge in [0, 0.05) is 13.1 Å². The van der Waals surface area contributed by atoms with Crippen LogP contribution in [0.15, 0.2) is 24.3 Å². The largest absolute Gasteiger partial charge is 0.349 e. The van der Waals surface area contributed by atoms with E-state index in [1.54, 1.807) is 23.7 Å². The van der Waals surface area contributed by atoms with E-state index in [0.29, 0.717) is 24.0 Å². The van der Waals surface area contributed by atoms with Crippen LogP contribution in [-0.4, -0.2) is 52.3 Å². The van der Waals surface area contributed by atoms with Gasteiger partial charge in [0.25, 0.3) is 5.91 Å². The Kier molecular flexibility index (Phi) is 5.43. The van der Waals surface area contributed by atoms with Gasteiger partial charge in [0.2, 0.25) is 5.82 Å². The summed E-state index contributed by atoms with van der Waals surface area (Å²) in [5.41, 5.74) is 0.677. The molecule has 0 spiro atoms. The van der Waals surface area contributed by atoms with Gasteiger partial charge in [0.1, 0.15) is 11.6 Å². The fraction of sp³-hybridized carbons (Fsp3) is 0.500. The Morgan fingerprint density at radius 3 is 2.84 bits per heavy atom. The van der Waals surface area contributed by atoms with Gasteiger partial charge in [-0.2, -0.15) is 0 Å². The van der Waals surface area contributed by atoms with E-state index in [1.807, 2.05) is 0 Å². The number of amides is 1. The van der Waals surface area contributed by atoms with Gasteiger partial charge in [-0.3, -0.25) is 4.79 Å². The molecule has 1 aromatic carbocycles. The topological polar surface area (TPSA) is 63.1 Å². The van der Waals surface area contributed by atoms with Crippen molar-refractivity contribution in [3.63, 3.8) is 0 Å². The summed E-state index contributed by atoms with van der Waals surface area (Å²) in [4.78, 5) is 18.8. The molecule has 0 radical (unpaired) electrons. The molecule has 2 aromatic rings. The summed E-state index contributed by atoms with van der Waals surface area (Å²) in [7, 11) is 2.14. The third-order valence-corrected chi connectivity index (χ3v) is 4.60. The molecule has 7 heteroatoms. The van der Waals surface area contributed by atoms with Crippen LogP contribution in [0.3, 0.4) is 0 Å². The quantitative estimate of drug-likeness (QED) is 0.902. The van der Waals surface area contributed by atoms with Crippen LogP contribution in [0.4, 0.5) is 4.39 Å². The zero-order valence-corrected chi connectivity index (χ0v) is 14.7. The number of nitrogens with one attached hydrogen (secondary N) is 1. The average molecular weight is 345 g/mol. The Labute approximate surface area is 147 Å². The van der Waals surface area contributed by atoms with E-state index in [-0.39, 0.29) is 17.5 Å². The van der Waals surface area contributed by atoms with E-state index < -0.39 is 0 Å². The molecule has 1 saturated heterocycles. The van der Waals surface area contributed by atoms with Gasteiger partial charge in [-0.1, -0.05) is 0 Å². The normalized spacial score (nSPS) is 18.3. The number of rotatable bonds is 5. The third-order valence-electron chi connectivity index (χ3n) is 4.60. The third kappa shape index (κ3) is 4.42. The van der Waals surface area contributed by atoms with Crippen LogP contribution in [0.25, 0.3) is 5.69 Å². The molecule has 2 heterocycles. The first-order valence-electron chi connectivity index (χ1n) is 8.69. The second-order valence-corrected chi connectivity index (χ2v) is 6.69. The summed E-state index contributed by atoms with van der Waals surface area (Å²) in [5.74, 6) is 0.778. The molecule has 0 saturated carbocycles. The number of piperidine rings is 1. The second kappa shape index (κ2) is 7.74. The molecule has 1 aromatic heterocycles. The van der Waals surface area contributed by atoms with Gasteiger partial charge in [0.15, 0.2) is 0 Å². The molecular formula is C18H24FN5O. The highest BCUT2D eigenvalue weighted by molar-refractivity contribution is 5.90. The fourth-order valence-corrected chi connectivity index (χ4v) is 3.29. The molecule has 0 bridgehead atoms. The number of aromatic nitrogens is 3. The van der Waals surface area contributed by atoms with Crippen LogP contribution < -0.4 is 5.32 Å². The first-order chi connectivity index (χ1) is 12.0. The molecular weight excluding hydrogens is 321 g/mol. The fourth-order valence-electron chi connectivity index (χ4n) is 3.29. The number of hydrogen-bond donors (Lipinski definition) is 1. The van der Waals surface area contributed by atoms with E-state index in [0.717, 1.165) is 19.5 Å². The van der Waals surface area contributed by atoms with Crippen LogP contribution in [0.2, 0.25) is 0 Å². The minimum Gasteiger partial charge on any atom is -0.349 e. The number of benzene rings is 1. The van der Waals surface area contributed by atoms with Crippen LogP contribution in [0.5, 0.6) is 0 Å². The highest BCUT2D eigenvalue weighted by Crippen LogP contribution is 2.17. The molecule has 1 aliphatic rings. The minimum absolute atomic E-state index is 0.141. The molecule has 25 heavy (non-hydrogen) atoms. The standard InChI is InChI=1S/C18H24FN5O/c1-13-21-17(22-24(13)16-7-5-15(19)6-8-16)18(25)20-10-9-14-4-3-11-23(2)12-14/h5-8,14H,3-4,9-12H2,1-2H3,(H,20,25). The summed E-state index contributed by atoms with van der Waals surface area (Å²) in [6.45, 7) is 4.64. The Balaban J connectivity index is 1.57. The highest BCUT2D eigenvalue weighted by atomic mass is 19.1. The second-order valence-electron chi connectivity index (χ2n) is 6.69. The SMILES string of the molecule is Cc1nc(C(=O)NCCC2CCCN(C)C2)nn1-c1ccc(F)cc1. The first-order valence-corrected chi connectivity index (χ1v) is 8.69. The molecule has 1 atom stereocenters. The van der Waals surface area contributed by atoms with Gasteiger partial charge in [-0.15, -0.1) is 5.10 Å². The summed E-state index contributed by atoms with van der Waals surface area (Å²) in [5, 5.41) is 7.16. The summed E-state index contributed by atoms with van der Waals surface area (Å²) in [6.07, 6.45) is 3.41. The van der Waals surface area contributed by atoms with Gasteiger partial charge >= 0.3 is 0 Å². The first kappa shape index (κ1) is 17.5. The lowest BCUT2D eigenvalue weighted by Crippen LogP contribution is -2.34. The van der Waals surface area contributed by atoms with E-state index >= 15 is 0 Å². The molecule has 3 rings (SSSR count). The van der Waals surface area contributed by atoms with Gasteiger partial charge in [-0.05, 0) is 70.0 Å². The van der Waals surface area contributed by atoms with Gasteiger partial charge in [-0.25, -0.2) is 14.1 Å². The molecule has 1 aliphatic heterocycles. The summed E-state index contributed by atoms with van der Waals surface area (Å²) >= 11 is 0. The van der Waals surface area contributed by atoms with Crippen molar-refractivity contribution in [1.29, 1.82) is 0 Å². The minimum atomic E-state index is -0.312. The van der Waals surface area contributed by atoms with Gasteiger partial charge in [0.05, 0.1) is 5.69 Å². The summed E-state index contributed by atoms with van der Waals surface area (Å²) in [6, 6.07) is 5.94. The van der Waals surface area contributed by atoms with Crippen molar-refractivity contribution in [1.82, 2.24) is 25.0 Å². The van der Waals surface area contributed by atoms with Crippen LogP contribution in [0, 0.1) is 18.7 Å². The molecule has 134 valence electrons. The zero-order valence-electron chi connectivity index (χ0n) is 14.7. The lowest BCUT2D eigenvalue weighted by Gasteiger charge is -2.29. The van der Waals surface area contributed by atoms with Gasteiger partial charge < -0.3 is 10.2 Å². The van der Waals surface area contributed by atoms with Crippen LogP contribution in [0.1, 0.15) is 35.7 Å². The zero-order chi connectivity index (χ0) is 17.8. The van der Waals surface area contributed by atoms with Crippen molar-refractivity contribution in [3.8, 4) is 5.69 Å². The highest BCUT2D eigenvalue weighted by Gasteiger charge is 2.18.